The van der Waals surface area contributed by atoms with Crippen LogP contribution in [0.15, 0.2) is 68.0 Å². The summed E-state index contributed by atoms with van der Waals surface area (Å²) in [6.45, 7) is 0. The Balaban J connectivity index is 2.05. The van der Waals surface area contributed by atoms with E-state index in [4.69, 9.17) is 16.7 Å². The van der Waals surface area contributed by atoms with Gasteiger partial charge in [-0.1, -0.05) is 17.7 Å². The van der Waals surface area contributed by atoms with Crippen LogP contribution in [-0.4, -0.2) is 29.3 Å². The molecule has 1 aromatic heterocycles. The molecule has 0 bridgehead atoms. The summed E-state index contributed by atoms with van der Waals surface area (Å²) in [6.07, 6.45) is 1.06. The summed E-state index contributed by atoms with van der Waals surface area (Å²) in [5.41, 5.74) is -1.41. The molecule has 0 saturated carbocycles. The molecule has 0 fully saturated rings. The lowest BCUT2D eigenvalue weighted by molar-refractivity contribution is 0.430. The molecule has 144 valence electrons. The number of hydrogen-bond acceptors (Lipinski definition) is 6. The Bertz CT molecular complexity index is 1290. The van der Waals surface area contributed by atoms with Gasteiger partial charge in [0, 0.05) is 11.2 Å². The Kier molecular flexibility index (Phi) is 5.18. The summed E-state index contributed by atoms with van der Waals surface area (Å²) >= 11 is 5.91. The molecule has 0 saturated heterocycles. The fourth-order valence-electron chi connectivity index (χ4n) is 2.37. The highest BCUT2D eigenvalue weighted by Gasteiger charge is 2.14. The highest BCUT2D eigenvalue weighted by molar-refractivity contribution is 7.89. The van der Waals surface area contributed by atoms with E-state index in [0.29, 0.717) is 10.7 Å². The molecule has 0 aliphatic heterocycles. The molecule has 3 rings (SSSR count). The molecular formula is C17H13ClN4O5S. The average Bonchev–Trinajstić information content (AvgIpc) is 2.61. The number of nitrogens with two attached hydrogens (primary N) is 1. The lowest BCUT2D eigenvalue weighted by Gasteiger charge is -2.09. The second-order valence-electron chi connectivity index (χ2n) is 5.61. The van der Waals surface area contributed by atoms with Crippen LogP contribution in [0.2, 0.25) is 5.02 Å². The molecule has 1 heterocycles. The van der Waals surface area contributed by atoms with E-state index in [-0.39, 0.29) is 16.1 Å². The molecule has 28 heavy (non-hydrogen) atoms. The monoisotopic (exact) mass is 420 g/mol. The number of rotatable bonds is 4. The van der Waals surface area contributed by atoms with E-state index in [2.05, 4.69) is 9.98 Å². The summed E-state index contributed by atoms with van der Waals surface area (Å²) in [5, 5.41) is 15.8. The van der Waals surface area contributed by atoms with Gasteiger partial charge in [0.2, 0.25) is 15.9 Å². The normalized spacial score (nSPS) is 11.8. The maximum absolute atomic E-state index is 12.1. The third-order valence-corrected chi connectivity index (χ3v) is 4.86. The molecule has 0 aliphatic carbocycles. The van der Waals surface area contributed by atoms with Crippen LogP contribution in [0.1, 0.15) is 5.56 Å². The van der Waals surface area contributed by atoms with E-state index in [1.807, 2.05) is 0 Å². The van der Waals surface area contributed by atoms with Crippen LogP contribution >= 0.6 is 11.6 Å². The number of aromatic nitrogens is 2. The second-order valence-corrected chi connectivity index (χ2v) is 7.61. The maximum atomic E-state index is 12.1. The van der Waals surface area contributed by atoms with Gasteiger partial charge in [-0.2, -0.15) is 0 Å². The lowest BCUT2D eigenvalue weighted by atomic mass is 10.3. The van der Waals surface area contributed by atoms with Crippen molar-refractivity contribution < 1.29 is 13.5 Å². The number of hydrogen-bond donors (Lipinski definition) is 3. The SMILES string of the molecule is NS(=O)(=O)c1ccc(N=Cc2c(O)n(-c3cccc(Cl)c3)c(=O)[nH]c2=O)cc1. The smallest absolute Gasteiger partial charge is 0.335 e. The molecule has 0 atom stereocenters. The fraction of sp³-hybridized carbons (Fsp3) is 0. The van der Waals surface area contributed by atoms with E-state index >= 15 is 0 Å². The minimum absolute atomic E-state index is 0.0957. The van der Waals surface area contributed by atoms with Gasteiger partial charge in [0.1, 0.15) is 5.56 Å². The summed E-state index contributed by atoms with van der Waals surface area (Å²) in [4.78, 5) is 30.2. The van der Waals surface area contributed by atoms with Gasteiger partial charge in [-0.3, -0.25) is 14.8 Å². The van der Waals surface area contributed by atoms with E-state index < -0.39 is 27.2 Å². The summed E-state index contributed by atoms with van der Waals surface area (Å²) in [5.74, 6) is -0.624. The standard InChI is InChI=1S/C17H13ClN4O5S/c18-10-2-1-3-12(8-10)22-16(24)14(15(23)21-17(22)25)9-20-11-4-6-13(7-5-11)28(19,26)27/h1-9,24H,(H2,19,26,27)(H,21,23,25). The Morgan fingerprint density at radius 3 is 2.43 bits per heavy atom. The minimum atomic E-state index is -3.84. The van der Waals surface area contributed by atoms with Gasteiger partial charge in [0.25, 0.3) is 5.56 Å². The number of nitrogens with one attached hydrogen (secondary N) is 1. The third kappa shape index (κ3) is 4.03. The zero-order chi connectivity index (χ0) is 20.5. The minimum Gasteiger partial charge on any atom is -0.493 e. The lowest BCUT2D eigenvalue weighted by Crippen LogP contribution is -2.31. The van der Waals surface area contributed by atoms with Crippen molar-refractivity contribution >= 4 is 33.5 Å². The molecule has 0 unspecified atom stereocenters. The van der Waals surface area contributed by atoms with Crippen molar-refractivity contribution in [3.8, 4) is 11.6 Å². The van der Waals surface area contributed by atoms with E-state index in [0.717, 1.165) is 10.8 Å². The van der Waals surface area contributed by atoms with Gasteiger partial charge in [-0.05, 0) is 42.5 Å². The summed E-state index contributed by atoms with van der Waals surface area (Å²) < 4.78 is 23.4. The first kappa shape index (κ1) is 19.5. The quantitative estimate of drug-likeness (QED) is 0.544. The molecule has 4 N–H and O–H groups in total. The molecule has 0 radical (unpaired) electrons. The first-order chi connectivity index (χ1) is 13.2. The number of halogens is 1. The van der Waals surface area contributed by atoms with Crippen LogP contribution in [0.4, 0.5) is 5.69 Å². The number of nitrogens with zero attached hydrogens (tertiary/aromatic N) is 2. The van der Waals surface area contributed by atoms with Crippen molar-refractivity contribution in [3.63, 3.8) is 0 Å². The Morgan fingerprint density at radius 2 is 1.82 bits per heavy atom. The molecular weight excluding hydrogens is 408 g/mol. The first-order valence-corrected chi connectivity index (χ1v) is 9.60. The van der Waals surface area contributed by atoms with Crippen molar-refractivity contribution in [2.75, 3.05) is 0 Å². The van der Waals surface area contributed by atoms with Crippen LogP contribution in [0, 0.1) is 0 Å². The molecule has 0 amide bonds. The van der Waals surface area contributed by atoms with Crippen molar-refractivity contribution in [1.82, 2.24) is 9.55 Å². The number of sulfonamides is 1. The first-order valence-electron chi connectivity index (χ1n) is 7.68. The number of primary sulfonamides is 1. The zero-order valence-corrected chi connectivity index (χ0v) is 15.6. The predicted molar refractivity (Wildman–Crippen MR) is 104 cm³/mol. The number of benzene rings is 2. The average molecular weight is 421 g/mol. The van der Waals surface area contributed by atoms with Gasteiger partial charge in [-0.15, -0.1) is 0 Å². The molecule has 11 heteroatoms. The van der Waals surface area contributed by atoms with Crippen LogP contribution in [-0.2, 0) is 10.0 Å². The number of aromatic hydroxyl groups is 1. The molecule has 0 aliphatic rings. The molecule has 3 aromatic rings. The Morgan fingerprint density at radius 1 is 1.14 bits per heavy atom. The predicted octanol–water partition coefficient (Wildman–Crippen LogP) is 1.28. The highest BCUT2D eigenvalue weighted by atomic mass is 35.5. The van der Waals surface area contributed by atoms with Crippen LogP contribution in [0.25, 0.3) is 5.69 Å². The second kappa shape index (κ2) is 7.43. The van der Waals surface area contributed by atoms with Gasteiger partial charge < -0.3 is 5.11 Å². The fourth-order valence-corrected chi connectivity index (χ4v) is 3.07. The van der Waals surface area contributed by atoms with Crippen molar-refractivity contribution in [1.29, 1.82) is 0 Å². The van der Waals surface area contributed by atoms with Gasteiger partial charge in [0.05, 0.1) is 16.3 Å². The van der Waals surface area contributed by atoms with Crippen LogP contribution < -0.4 is 16.4 Å². The van der Waals surface area contributed by atoms with Crippen molar-refractivity contribution in [2.45, 2.75) is 4.90 Å². The number of aliphatic imine (C=N–C) groups is 1. The van der Waals surface area contributed by atoms with Gasteiger partial charge in [0.15, 0.2) is 0 Å². The zero-order valence-electron chi connectivity index (χ0n) is 14.0. The van der Waals surface area contributed by atoms with Crippen LogP contribution in [0.5, 0.6) is 5.88 Å². The van der Waals surface area contributed by atoms with Crippen molar-refractivity contribution in [3.05, 3.63) is 80.0 Å². The van der Waals surface area contributed by atoms with E-state index in [1.54, 1.807) is 12.1 Å². The molecule has 9 nitrogen and oxygen atoms in total. The maximum Gasteiger partial charge on any atom is 0.335 e. The van der Waals surface area contributed by atoms with Crippen molar-refractivity contribution in [2.24, 2.45) is 10.1 Å². The van der Waals surface area contributed by atoms with E-state index in [1.165, 1.54) is 36.4 Å². The summed E-state index contributed by atoms with van der Waals surface area (Å²) in [6, 6.07) is 11.4. The third-order valence-electron chi connectivity index (χ3n) is 3.70. The van der Waals surface area contributed by atoms with Crippen LogP contribution in [0.3, 0.4) is 0 Å². The topological polar surface area (TPSA) is 148 Å². The van der Waals surface area contributed by atoms with Gasteiger partial charge in [-0.25, -0.2) is 22.9 Å². The summed E-state index contributed by atoms with van der Waals surface area (Å²) in [7, 11) is -3.84. The van der Waals surface area contributed by atoms with E-state index in [9.17, 15) is 23.1 Å². The Hall–Kier alpha value is -3.21. The largest absolute Gasteiger partial charge is 0.493 e. The number of aromatic amines is 1. The van der Waals surface area contributed by atoms with Gasteiger partial charge >= 0.3 is 5.69 Å². The molecule has 2 aromatic carbocycles. The number of H-pyrrole nitrogens is 1. The highest BCUT2D eigenvalue weighted by Crippen LogP contribution is 2.20. The Labute approximate surface area is 163 Å². The molecule has 0 spiro atoms.